The smallest absolute Gasteiger partial charge is 0.269 e. The number of nitrogens with zero attached hydrogens (tertiary/aromatic N) is 2. The number of non-ortho nitro benzene ring substituents is 1. The van der Waals surface area contributed by atoms with Crippen LogP contribution in [0.1, 0.15) is 41.5 Å². The first-order chi connectivity index (χ1) is 15.6. The number of rotatable bonds is 8. The largest absolute Gasteiger partial charge is 0.361 e. The summed E-state index contributed by atoms with van der Waals surface area (Å²) in [6.45, 7) is 2.47. The van der Waals surface area contributed by atoms with Gasteiger partial charge in [0, 0.05) is 60.5 Å². The summed E-state index contributed by atoms with van der Waals surface area (Å²) in [6.07, 6.45) is 6.37. The summed E-state index contributed by atoms with van der Waals surface area (Å²) in [5, 5.41) is 15.3. The monoisotopic (exact) mass is 428 g/mol. The lowest BCUT2D eigenvalue weighted by molar-refractivity contribution is -0.384. The Hall–Kier alpha value is -4.00. The molecule has 162 valence electrons. The lowest BCUT2D eigenvalue weighted by Gasteiger charge is -2.17. The van der Waals surface area contributed by atoms with Gasteiger partial charge >= 0.3 is 0 Å². The van der Waals surface area contributed by atoms with E-state index in [-0.39, 0.29) is 23.9 Å². The molecule has 0 fully saturated rings. The number of pyridine rings is 1. The number of carbonyl (C=O) groups is 1. The normalized spacial score (nSPS) is 11.9. The standard InChI is InChI=1S/C25H24N4O3/c1-2-18-7-4-10-21-23(16-28-25(18)21)22(19-8-3-9-20(12-19)29(31)32)13-24(30)27-15-17-6-5-11-26-14-17/h3-12,14,16,22,28H,2,13,15H2,1H3,(H,27,30). The highest BCUT2D eigenvalue weighted by Crippen LogP contribution is 2.35. The minimum Gasteiger partial charge on any atom is -0.361 e. The molecule has 1 atom stereocenters. The number of aromatic amines is 1. The van der Waals surface area contributed by atoms with Gasteiger partial charge in [-0.15, -0.1) is 0 Å². The van der Waals surface area contributed by atoms with E-state index in [2.05, 4.69) is 28.3 Å². The number of carbonyl (C=O) groups excluding carboxylic acids is 1. The molecule has 0 saturated carbocycles. The van der Waals surface area contributed by atoms with Crippen LogP contribution in [0, 0.1) is 10.1 Å². The second-order valence-corrected chi connectivity index (χ2v) is 7.68. The lowest BCUT2D eigenvalue weighted by Crippen LogP contribution is -2.25. The van der Waals surface area contributed by atoms with Gasteiger partial charge in [-0.1, -0.05) is 43.3 Å². The summed E-state index contributed by atoms with van der Waals surface area (Å²) in [6, 6.07) is 16.4. The Balaban J connectivity index is 1.68. The van der Waals surface area contributed by atoms with E-state index in [1.54, 1.807) is 24.5 Å². The van der Waals surface area contributed by atoms with Crippen LogP contribution in [0.25, 0.3) is 10.9 Å². The topological polar surface area (TPSA) is 101 Å². The van der Waals surface area contributed by atoms with Gasteiger partial charge in [-0.05, 0) is 34.7 Å². The molecule has 0 spiro atoms. The maximum atomic E-state index is 12.9. The number of aromatic nitrogens is 2. The average Bonchev–Trinajstić information content (AvgIpc) is 3.26. The summed E-state index contributed by atoms with van der Waals surface area (Å²) < 4.78 is 0. The van der Waals surface area contributed by atoms with Crippen molar-refractivity contribution < 1.29 is 9.72 Å². The average molecular weight is 428 g/mol. The molecule has 1 amide bonds. The van der Waals surface area contributed by atoms with Gasteiger partial charge in [-0.3, -0.25) is 19.9 Å². The van der Waals surface area contributed by atoms with E-state index in [9.17, 15) is 14.9 Å². The molecule has 2 aromatic carbocycles. The summed E-state index contributed by atoms with van der Waals surface area (Å²) >= 11 is 0. The highest BCUT2D eigenvalue weighted by Gasteiger charge is 2.23. The number of aryl methyl sites for hydroxylation is 1. The van der Waals surface area contributed by atoms with Crippen molar-refractivity contribution in [3.8, 4) is 0 Å². The molecule has 1 unspecified atom stereocenters. The number of hydrogen-bond donors (Lipinski definition) is 2. The lowest BCUT2D eigenvalue weighted by atomic mass is 9.87. The van der Waals surface area contributed by atoms with Gasteiger partial charge in [-0.25, -0.2) is 0 Å². The van der Waals surface area contributed by atoms with Crippen LogP contribution < -0.4 is 5.32 Å². The second-order valence-electron chi connectivity index (χ2n) is 7.68. The quantitative estimate of drug-likeness (QED) is 0.309. The fourth-order valence-corrected chi connectivity index (χ4v) is 4.05. The van der Waals surface area contributed by atoms with Crippen LogP contribution in [-0.4, -0.2) is 20.8 Å². The van der Waals surface area contributed by atoms with Gasteiger partial charge < -0.3 is 10.3 Å². The maximum Gasteiger partial charge on any atom is 0.269 e. The van der Waals surface area contributed by atoms with E-state index in [4.69, 9.17) is 0 Å². The molecule has 0 bridgehead atoms. The van der Waals surface area contributed by atoms with Gasteiger partial charge in [0.1, 0.15) is 0 Å². The van der Waals surface area contributed by atoms with Crippen molar-refractivity contribution in [1.82, 2.24) is 15.3 Å². The zero-order chi connectivity index (χ0) is 22.5. The number of nitro groups is 1. The molecule has 4 aromatic rings. The van der Waals surface area contributed by atoms with E-state index in [0.717, 1.165) is 34.0 Å². The maximum absolute atomic E-state index is 12.9. The van der Waals surface area contributed by atoms with E-state index in [1.165, 1.54) is 11.6 Å². The number of fused-ring (bicyclic) bond motifs is 1. The molecule has 0 aliphatic heterocycles. The van der Waals surface area contributed by atoms with Crippen LogP contribution in [0.4, 0.5) is 5.69 Å². The van der Waals surface area contributed by atoms with E-state index in [1.807, 2.05) is 36.5 Å². The van der Waals surface area contributed by atoms with Crippen molar-refractivity contribution in [2.24, 2.45) is 0 Å². The molecule has 0 saturated heterocycles. The fourth-order valence-electron chi connectivity index (χ4n) is 4.05. The van der Waals surface area contributed by atoms with E-state index >= 15 is 0 Å². The molecule has 32 heavy (non-hydrogen) atoms. The number of amides is 1. The summed E-state index contributed by atoms with van der Waals surface area (Å²) in [5.74, 6) is -0.462. The van der Waals surface area contributed by atoms with Crippen LogP contribution in [0.2, 0.25) is 0 Å². The number of para-hydroxylation sites is 1. The minimum absolute atomic E-state index is 0.0114. The van der Waals surface area contributed by atoms with Crippen molar-refractivity contribution in [2.45, 2.75) is 32.2 Å². The van der Waals surface area contributed by atoms with E-state index < -0.39 is 4.92 Å². The highest BCUT2D eigenvalue weighted by molar-refractivity contribution is 5.88. The predicted molar refractivity (Wildman–Crippen MR) is 123 cm³/mol. The van der Waals surface area contributed by atoms with Crippen molar-refractivity contribution in [2.75, 3.05) is 0 Å². The van der Waals surface area contributed by atoms with Crippen LogP contribution in [0.3, 0.4) is 0 Å². The number of hydrogen-bond acceptors (Lipinski definition) is 4. The molecular formula is C25H24N4O3. The van der Waals surface area contributed by atoms with Crippen molar-refractivity contribution in [3.63, 3.8) is 0 Å². The highest BCUT2D eigenvalue weighted by atomic mass is 16.6. The summed E-state index contributed by atoms with van der Waals surface area (Å²) in [4.78, 5) is 31.3. The predicted octanol–water partition coefficient (Wildman–Crippen LogP) is 4.87. The van der Waals surface area contributed by atoms with Gasteiger partial charge in [-0.2, -0.15) is 0 Å². The minimum atomic E-state index is -0.409. The molecule has 0 aliphatic rings. The summed E-state index contributed by atoms with van der Waals surface area (Å²) in [7, 11) is 0. The molecule has 7 nitrogen and oxygen atoms in total. The number of nitro benzene ring substituents is 1. The van der Waals surface area contributed by atoms with Crippen molar-refractivity contribution in [3.05, 3.63) is 106 Å². The Kier molecular flexibility index (Phi) is 6.26. The van der Waals surface area contributed by atoms with Gasteiger partial charge in [0.2, 0.25) is 5.91 Å². The Bertz CT molecular complexity index is 1250. The first-order valence-corrected chi connectivity index (χ1v) is 10.6. The number of nitrogens with one attached hydrogen (secondary N) is 2. The van der Waals surface area contributed by atoms with Crippen LogP contribution >= 0.6 is 0 Å². The first kappa shape index (κ1) is 21.2. The zero-order valence-electron chi connectivity index (χ0n) is 17.7. The second kappa shape index (κ2) is 9.43. The van der Waals surface area contributed by atoms with Crippen LogP contribution in [-0.2, 0) is 17.8 Å². The Morgan fingerprint density at radius 2 is 2.03 bits per heavy atom. The molecule has 2 heterocycles. The van der Waals surface area contributed by atoms with Gasteiger partial charge in [0.05, 0.1) is 4.92 Å². The third kappa shape index (κ3) is 4.51. The zero-order valence-corrected chi connectivity index (χ0v) is 17.7. The van der Waals surface area contributed by atoms with Crippen LogP contribution in [0.5, 0.6) is 0 Å². The Morgan fingerprint density at radius 1 is 1.19 bits per heavy atom. The first-order valence-electron chi connectivity index (χ1n) is 10.6. The molecule has 4 rings (SSSR count). The Labute approximate surface area is 185 Å². The molecule has 2 aromatic heterocycles. The Morgan fingerprint density at radius 3 is 2.78 bits per heavy atom. The molecule has 0 aliphatic carbocycles. The van der Waals surface area contributed by atoms with Crippen molar-refractivity contribution in [1.29, 1.82) is 0 Å². The van der Waals surface area contributed by atoms with Gasteiger partial charge in [0.25, 0.3) is 5.69 Å². The SMILES string of the molecule is CCc1cccc2c(C(CC(=O)NCc3cccnc3)c3cccc([N+](=O)[O-])c3)c[nH]c12. The number of H-pyrrole nitrogens is 1. The molecule has 7 heteroatoms. The third-order valence-corrected chi connectivity index (χ3v) is 5.68. The van der Waals surface area contributed by atoms with Crippen LogP contribution in [0.15, 0.2) is 73.2 Å². The third-order valence-electron chi connectivity index (χ3n) is 5.68. The molecule has 0 radical (unpaired) electrons. The van der Waals surface area contributed by atoms with Crippen molar-refractivity contribution >= 4 is 22.5 Å². The molecule has 2 N–H and O–H groups in total. The number of benzene rings is 2. The van der Waals surface area contributed by atoms with Gasteiger partial charge in [0.15, 0.2) is 0 Å². The van der Waals surface area contributed by atoms with E-state index in [0.29, 0.717) is 6.54 Å². The molecular weight excluding hydrogens is 404 g/mol. The fraction of sp³-hybridized carbons (Fsp3) is 0.200. The summed E-state index contributed by atoms with van der Waals surface area (Å²) in [5.41, 5.74) is 4.83.